The van der Waals surface area contributed by atoms with Crippen LogP contribution in [0.2, 0.25) is 0 Å². The van der Waals surface area contributed by atoms with Gasteiger partial charge in [0.05, 0.1) is 10.4 Å². The van der Waals surface area contributed by atoms with E-state index in [2.05, 4.69) is 30.6 Å². The van der Waals surface area contributed by atoms with Crippen LogP contribution in [0, 0.1) is 17.0 Å². The minimum absolute atomic E-state index is 0.0216. The lowest BCUT2D eigenvalue weighted by Gasteiger charge is -2.08. The average Bonchev–Trinajstić information content (AvgIpc) is 3.07. The van der Waals surface area contributed by atoms with Gasteiger partial charge < -0.3 is 5.32 Å². The van der Waals surface area contributed by atoms with Gasteiger partial charge in [-0.05, 0) is 30.7 Å². The summed E-state index contributed by atoms with van der Waals surface area (Å²) in [6.45, 7) is 1.90. The highest BCUT2D eigenvalue weighted by atomic mass is 16.6. The minimum atomic E-state index is -0.553. The zero-order chi connectivity index (χ0) is 18.1. The van der Waals surface area contributed by atoms with Crippen molar-refractivity contribution in [1.29, 1.82) is 0 Å². The van der Waals surface area contributed by atoms with Gasteiger partial charge in [0.15, 0.2) is 0 Å². The van der Waals surface area contributed by atoms with E-state index in [4.69, 9.17) is 0 Å². The summed E-state index contributed by atoms with van der Waals surface area (Å²) in [5.74, 6) is 0.482. The number of benzene rings is 1. The van der Waals surface area contributed by atoms with Gasteiger partial charge in [-0.15, -0.1) is 5.10 Å². The fraction of sp³-hybridized carbons (Fsp3) is 0.0625. The highest BCUT2D eigenvalue weighted by molar-refractivity contribution is 5.78. The van der Waals surface area contributed by atoms with Crippen molar-refractivity contribution in [2.45, 2.75) is 6.92 Å². The molecule has 3 aromatic heterocycles. The van der Waals surface area contributed by atoms with Crippen LogP contribution in [0.1, 0.15) is 5.56 Å². The second kappa shape index (κ2) is 6.16. The second-order valence-corrected chi connectivity index (χ2v) is 5.49. The second-order valence-electron chi connectivity index (χ2n) is 5.49. The number of aryl methyl sites for hydroxylation is 1. The van der Waals surface area contributed by atoms with Gasteiger partial charge in [-0.1, -0.05) is 23.4 Å². The molecule has 0 spiro atoms. The number of hydrogen-bond donors (Lipinski definition) is 1. The molecule has 0 atom stereocenters. The third-order valence-electron chi connectivity index (χ3n) is 3.70. The Bertz CT molecular complexity index is 1110. The maximum atomic E-state index is 11.7. The van der Waals surface area contributed by atoms with Gasteiger partial charge in [-0.2, -0.15) is 4.68 Å². The van der Waals surface area contributed by atoms with Crippen LogP contribution in [0.4, 0.5) is 17.3 Å². The fourth-order valence-corrected chi connectivity index (χ4v) is 2.47. The zero-order valence-corrected chi connectivity index (χ0v) is 13.6. The first-order valence-corrected chi connectivity index (χ1v) is 7.63. The molecule has 0 fully saturated rings. The van der Waals surface area contributed by atoms with Crippen LogP contribution in [-0.4, -0.2) is 34.9 Å². The van der Waals surface area contributed by atoms with Crippen LogP contribution < -0.4 is 5.32 Å². The minimum Gasteiger partial charge on any atom is -0.319 e. The summed E-state index contributed by atoms with van der Waals surface area (Å²) >= 11 is 0. The van der Waals surface area contributed by atoms with Crippen molar-refractivity contribution in [1.82, 2.24) is 29.9 Å². The first kappa shape index (κ1) is 15.6. The van der Waals surface area contributed by atoms with Crippen LogP contribution in [0.25, 0.3) is 16.9 Å². The lowest BCUT2D eigenvalue weighted by molar-refractivity contribution is -0.384. The third-order valence-corrected chi connectivity index (χ3v) is 3.70. The van der Waals surface area contributed by atoms with Gasteiger partial charge >= 0.3 is 5.69 Å². The van der Waals surface area contributed by atoms with Crippen LogP contribution >= 0.6 is 0 Å². The predicted molar refractivity (Wildman–Crippen MR) is 93.4 cm³/mol. The van der Waals surface area contributed by atoms with Crippen molar-refractivity contribution in [2.24, 2.45) is 0 Å². The van der Waals surface area contributed by atoms with E-state index in [1.807, 2.05) is 19.1 Å². The van der Waals surface area contributed by atoms with Gasteiger partial charge in [-0.25, -0.2) is 15.0 Å². The number of pyridine rings is 1. The molecule has 1 aromatic carbocycles. The van der Waals surface area contributed by atoms with Crippen molar-refractivity contribution in [3.63, 3.8) is 0 Å². The van der Waals surface area contributed by atoms with Gasteiger partial charge in [0.2, 0.25) is 11.6 Å². The molecule has 0 aliphatic heterocycles. The summed E-state index contributed by atoms with van der Waals surface area (Å²) in [5.41, 5.74) is 1.87. The van der Waals surface area contributed by atoms with Crippen molar-refractivity contribution < 1.29 is 4.92 Å². The van der Waals surface area contributed by atoms with Gasteiger partial charge in [0.25, 0.3) is 0 Å². The predicted octanol–water partition coefficient (Wildman–Crippen LogP) is 2.57. The molecule has 4 aromatic rings. The molecule has 128 valence electrons. The van der Waals surface area contributed by atoms with E-state index < -0.39 is 4.92 Å². The summed E-state index contributed by atoms with van der Waals surface area (Å²) in [6.07, 6.45) is 2.89. The maximum absolute atomic E-state index is 11.7. The summed E-state index contributed by atoms with van der Waals surface area (Å²) < 4.78 is 1.32. The summed E-state index contributed by atoms with van der Waals surface area (Å²) in [4.78, 5) is 23.4. The quantitative estimate of drug-likeness (QED) is 0.441. The normalized spacial score (nSPS) is 10.8. The van der Waals surface area contributed by atoms with E-state index in [1.54, 1.807) is 30.5 Å². The summed E-state index contributed by atoms with van der Waals surface area (Å²) in [6, 6.07) is 10.7. The number of para-hydroxylation sites is 1. The van der Waals surface area contributed by atoms with Crippen molar-refractivity contribution >= 4 is 28.4 Å². The fourth-order valence-electron chi connectivity index (χ4n) is 2.47. The van der Waals surface area contributed by atoms with Crippen molar-refractivity contribution in [2.75, 3.05) is 5.32 Å². The third kappa shape index (κ3) is 2.69. The topological polar surface area (TPSA) is 125 Å². The first-order chi connectivity index (χ1) is 12.6. The average molecular weight is 348 g/mol. The molecular formula is C16H12N8O2. The molecule has 0 amide bonds. The number of anilines is 2. The molecule has 0 bridgehead atoms. The molecule has 4 rings (SSSR count). The smallest absolute Gasteiger partial charge is 0.319 e. The number of aromatic nitrogens is 6. The first-order valence-electron chi connectivity index (χ1n) is 7.63. The Kier molecular flexibility index (Phi) is 3.69. The molecule has 0 saturated heterocycles. The molecule has 3 heterocycles. The Morgan fingerprint density at radius 1 is 1.12 bits per heavy atom. The van der Waals surface area contributed by atoms with Gasteiger partial charge in [0.1, 0.15) is 17.7 Å². The Balaban J connectivity index is 1.86. The summed E-state index contributed by atoms with van der Waals surface area (Å²) in [5, 5.41) is 22.6. The molecule has 0 aliphatic carbocycles. The van der Waals surface area contributed by atoms with Gasteiger partial charge in [-0.3, -0.25) is 10.1 Å². The number of hydrogen-bond acceptors (Lipinski definition) is 8. The lowest BCUT2D eigenvalue weighted by Crippen LogP contribution is -2.09. The van der Waals surface area contributed by atoms with E-state index in [0.717, 1.165) is 5.56 Å². The van der Waals surface area contributed by atoms with Crippen LogP contribution in [-0.2, 0) is 0 Å². The van der Waals surface area contributed by atoms with E-state index in [1.165, 1.54) is 11.0 Å². The summed E-state index contributed by atoms with van der Waals surface area (Å²) in [7, 11) is 0. The van der Waals surface area contributed by atoms with E-state index in [9.17, 15) is 10.1 Å². The molecule has 0 unspecified atom stereocenters. The van der Waals surface area contributed by atoms with Crippen LogP contribution in [0.3, 0.4) is 0 Å². The molecule has 0 radical (unpaired) electrons. The molecule has 0 saturated carbocycles. The molecular weight excluding hydrogens is 336 g/mol. The van der Waals surface area contributed by atoms with E-state index in [-0.39, 0.29) is 17.3 Å². The highest BCUT2D eigenvalue weighted by Crippen LogP contribution is 2.30. The number of nitrogens with zero attached hydrogens (tertiary/aromatic N) is 7. The van der Waals surface area contributed by atoms with Crippen LogP contribution in [0.15, 0.2) is 48.9 Å². The standard InChI is InChI=1S/C16H12N8O2/c1-10-6-7-13(17-8-10)20-15-14(24(25)26)16(19-9-18-15)23-12-5-3-2-4-11(12)21-22-23/h2-9H,1H3,(H,17,18,19,20). The Morgan fingerprint density at radius 2 is 1.96 bits per heavy atom. The Hall–Kier alpha value is -3.95. The lowest BCUT2D eigenvalue weighted by atomic mass is 10.3. The number of rotatable bonds is 4. The van der Waals surface area contributed by atoms with E-state index >= 15 is 0 Å². The zero-order valence-electron chi connectivity index (χ0n) is 13.6. The van der Waals surface area contributed by atoms with Crippen LogP contribution in [0.5, 0.6) is 0 Å². The molecule has 0 aliphatic rings. The van der Waals surface area contributed by atoms with E-state index in [0.29, 0.717) is 16.9 Å². The largest absolute Gasteiger partial charge is 0.356 e. The van der Waals surface area contributed by atoms with Gasteiger partial charge in [0, 0.05) is 6.20 Å². The molecule has 10 heteroatoms. The number of nitro groups is 1. The number of fused-ring (bicyclic) bond motifs is 1. The Labute approximate surface area is 146 Å². The van der Waals surface area contributed by atoms with Crippen molar-refractivity contribution in [3.8, 4) is 5.82 Å². The molecule has 10 nitrogen and oxygen atoms in total. The molecule has 26 heavy (non-hydrogen) atoms. The Morgan fingerprint density at radius 3 is 2.73 bits per heavy atom. The number of nitrogens with one attached hydrogen (secondary N) is 1. The van der Waals surface area contributed by atoms with Crippen molar-refractivity contribution in [3.05, 3.63) is 64.6 Å². The SMILES string of the molecule is Cc1ccc(Nc2ncnc(-n3nnc4ccccc43)c2[N+](=O)[O-])nc1. The monoisotopic (exact) mass is 348 g/mol. The maximum Gasteiger partial charge on any atom is 0.356 e. The highest BCUT2D eigenvalue weighted by Gasteiger charge is 2.26. The molecule has 1 N–H and O–H groups in total.